The molecular weight excluding hydrogens is 264 g/mol. The van der Waals surface area contributed by atoms with E-state index in [1.807, 2.05) is 31.2 Å². The van der Waals surface area contributed by atoms with Gasteiger partial charge in [0.2, 0.25) is 5.76 Å². The maximum Gasteiger partial charge on any atom is 0.290 e. The van der Waals surface area contributed by atoms with E-state index in [0.717, 1.165) is 16.3 Å². The molecule has 3 aromatic rings. The van der Waals surface area contributed by atoms with Gasteiger partial charge in [-0.25, -0.2) is 0 Å². The molecule has 1 N–H and O–H groups in total. The lowest BCUT2D eigenvalue weighted by Gasteiger charge is -2.15. The number of aryl methyl sites for hydroxylation is 1. The van der Waals surface area contributed by atoms with Crippen LogP contribution in [0.1, 0.15) is 34.8 Å². The minimum atomic E-state index is -0.254. The van der Waals surface area contributed by atoms with Crippen LogP contribution in [-0.4, -0.2) is 11.1 Å². The molecule has 0 aliphatic rings. The summed E-state index contributed by atoms with van der Waals surface area (Å²) >= 11 is 0. The van der Waals surface area contributed by atoms with Crippen LogP contribution in [0.25, 0.3) is 10.8 Å². The number of nitrogens with one attached hydrogen (secondary N) is 1. The zero-order valence-electron chi connectivity index (χ0n) is 12.0. The second kappa shape index (κ2) is 5.40. The average Bonchev–Trinajstić information content (AvgIpc) is 2.93. The van der Waals surface area contributed by atoms with E-state index >= 15 is 0 Å². The fourth-order valence-electron chi connectivity index (χ4n) is 2.44. The second-order valence-electron chi connectivity index (χ2n) is 5.10. The largest absolute Gasteiger partial charge is 0.351 e. The molecule has 1 amide bonds. The van der Waals surface area contributed by atoms with Crippen LogP contribution in [0.3, 0.4) is 0 Å². The van der Waals surface area contributed by atoms with E-state index in [1.54, 1.807) is 13.0 Å². The number of carbonyl (C=O) groups is 1. The van der Waals surface area contributed by atoms with E-state index < -0.39 is 0 Å². The molecule has 2 aromatic carbocycles. The first-order valence-corrected chi connectivity index (χ1v) is 6.87. The highest BCUT2D eigenvalue weighted by Gasteiger charge is 2.16. The van der Waals surface area contributed by atoms with Gasteiger partial charge < -0.3 is 9.84 Å². The van der Waals surface area contributed by atoms with Gasteiger partial charge in [0.05, 0.1) is 11.7 Å². The number of hydrogen-bond acceptors (Lipinski definition) is 3. The number of carbonyl (C=O) groups excluding carboxylic acids is 1. The molecule has 0 radical (unpaired) electrons. The Hall–Kier alpha value is -2.62. The van der Waals surface area contributed by atoms with E-state index in [9.17, 15) is 4.79 Å². The number of rotatable bonds is 3. The fraction of sp³-hybridized carbons (Fsp3) is 0.176. The average molecular weight is 280 g/mol. The van der Waals surface area contributed by atoms with Gasteiger partial charge in [-0.15, -0.1) is 0 Å². The zero-order chi connectivity index (χ0) is 14.8. The fourth-order valence-corrected chi connectivity index (χ4v) is 2.44. The van der Waals surface area contributed by atoms with Gasteiger partial charge in [-0.2, -0.15) is 0 Å². The lowest BCUT2D eigenvalue weighted by atomic mass is 9.99. The Morgan fingerprint density at radius 2 is 1.95 bits per heavy atom. The summed E-state index contributed by atoms with van der Waals surface area (Å²) in [7, 11) is 0. The number of fused-ring (bicyclic) bond motifs is 1. The molecule has 0 unspecified atom stereocenters. The number of hydrogen-bond donors (Lipinski definition) is 1. The van der Waals surface area contributed by atoms with Gasteiger partial charge in [0.25, 0.3) is 5.91 Å². The molecule has 0 aliphatic carbocycles. The molecule has 0 saturated carbocycles. The van der Waals surface area contributed by atoms with Crippen LogP contribution in [0.2, 0.25) is 0 Å². The molecule has 1 atom stereocenters. The molecule has 1 heterocycles. The normalized spacial score (nSPS) is 12.3. The SMILES string of the molecule is Cc1cc(C(=O)N[C@@H](C)c2cccc3ccccc23)on1. The first-order valence-electron chi connectivity index (χ1n) is 6.87. The van der Waals surface area contributed by atoms with Gasteiger partial charge in [-0.05, 0) is 30.2 Å². The van der Waals surface area contributed by atoms with Crippen LogP contribution < -0.4 is 5.32 Å². The summed E-state index contributed by atoms with van der Waals surface area (Å²) in [5.74, 6) is -0.0179. The Kier molecular flexibility index (Phi) is 3.44. The first-order chi connectivity index (χ1) is 10.1. The molecule has 4 heteroatoms. The Balaban J connectivity index is 1.87. The van der Waals surface area contributed by atoms with Crippen LogP contribution in [0.15, 0.2) is 53.1 Å². The quantitative estimate of drug-likeness (QED) is 0.797. The smallest absolute Gasteiger partial charge is 0.290 e. The first kappa shape index (κ1) is 13.4. The lowest BCUT2D eigenvalue weighted by molar-refractivity contribution is 0.0903. The topological polar surface area (TPSA) is 55.1 Å². The molecule has 0 bridgehead atoms. The van der Waals surface area contributed by atoms with Crippen molar-refractivity contribution >= 4 is 16.7 Å². The van der Waals surface area contributed by atoms with Gasteiger partial charge in [0, 0.05) is 6.07 Å². The molecule has 0 aliphatic heterocycles. The molecular formula is C17H16N2O2. The highest BCUT2D eigenvalue weighted by Crippen LogP contribution is 2.24. The number of aromatic nitrogens is 1. The highest BCUT2D eigenvalue weighted by molar-refractivity contribution is 5.92. The third kappa shape index (κ3) is 2.65. The summed E-state index contributed by atoms with van der Waals surface area (Å²) in [6.45, 7) is 3.75. The van der Waals surface area contributed by atoms with E-state index in [1.165, 1.54) is 0 Å². The van der Waals surface area contributed by atoms with Crippen LogP contribution in [-0.2, 0) is 0 Å². The van der Waals surface area contributed by atoms with Gasteiger partial charge >= 0.3 is 0 Å². The predicted octanol–water partition coefficient (Wildman–Crippen LogP) is 3.63. The standard InChI is InChI=1S/C17H16N2O2/c1-11-10-16(21-19-11)17(20)18-12(2)14-9-5-7-13-6-3-4-8-15(13)14/h3-10,12H,1-2H3,(H,18,20)/t12-/m0/s1. The Morgan fingerprint density at radius 1 is 1.19 bits per heavy atom. The van der Waals surface area contributed by atoms with Crippen molar-refractivity contribution in [1.29, 1.82) is 0 Å². The van der Waals surface area contributed by atoms with Crippen molar-refractivity contribution in [2.24, 2.45) is 0 Å². The summed E-state index contributed by atoms with van der Waals surface area (Å²) in [6.07, 6.45) is 0. The maximum absolute atomic E-state index is 12.1. The molecule has 21 heavy (non-hydrogen) atoms. The third-order valence-electron chi connectivity index (χ3n) is 3.49. The van der Waals surface area contributed by atoms with Crippen LogP contribution in [0, 0.1) is 6.92 Å². The number of amides is 1. The Bertz CT molecular complexity index is 787. The van der Waals surface area contributed by atoms with Crippen molar-refractivity contribution in [3.05, 3.63) is 65.5 Å². The summed E-state index contributed by atoms with van der Waals surface area (Å²) in [5, 5.41) is 8.98. The van der Waals surface area contributed by atoms with E-state index in [0.29, 0.717) is 5.69 Å². The van der Waals surface area contributed by atoms with Gasteiger partial charge in [0.1, 0.15) is 0 Å². The lowest BCUT2D eigenvalue weighted by Crippen LogP contribution is -2.26. The highest BCUT2D eigenvalue weighted by atomic mass is 16.5. The summed E-state index contributed by atoms with van der Waals surface area (Å²) in [5.41, 5.74) is 1.77. The van der Waals surface area contributed by atoms with Gasteiger partial charge in [0.15, 0.2) is 0 Å². The minimum absolute atomic E-state index is 0.117. The van der Waals surface area contributed by atoms with Crippen LogP contribution in [0.4, 0.5) is 0 Å². The maximum atomic E-state index is 12.1. The molecule has 1 aromatic heterocycles. The minimum Gasteiger partial charge on any atom is -0.351 e. The van der Waals surface area contributed by atoms with Crippen molar-refractivity contribution in [2.75, 3.05) is 0 Å². The van der Waals surface area contributed by atoms with Gasteiger partial charge in [-0.3, -0.25) is 4.79 Å². The molecule has 0 spiro atoms. The summed E-state index contributed by atoms with van der Waals surface area (Å²) in [6, 6.07) is 15.7. The Morgan fingerprint density at radius 3 is 2.71 bits per heavy atom. The molecule has 3 rings (SSSR count). The molecule has 4 nitrogen and oxygen atoms in total. The van der Waals surface area contributed by atoms with E-state index in [2.05, 4.69) is 28.7 Å². The molecule has 106 valence electrons. The number of benzene rings is 2. The van der Waals surface area contributed by atoms with Crippen molar-refractivity contribution < 1.29 is 9.32 Å². The number of nitrogens with zero attached hydrogens (tertiary/aromatic N) is 1. The second-order valence-corrected chi connectivity index (χ2v) is 5.10. The summed E-state index contributed by atoms with van der Waals surface area (Å²) in [4.78, 5) is 12.1. The zero-order valence-corrected chi connectivity index (χ0v) is 12.0. The van der Waals surface area contributed by atoms with E-state index in [4.69, 9.17) is 4.52 Å². The molecule has 0 fully saturated rings. The van der Waals surface area contributed by atoms with Crippen molar-refractivity contribution in [2.45, 2.75) is 19.9 Å². The predicted molar refractivity (Wildman–Crippen MR) is 81.1 cm³/mol. The van der Waals surface area contributed by atoms with Crippen molar-refractivity contribution in [1.82, 2.24) is 10.5 Å². The summed E-state index contributed by atoms with van der Waals surface area (Å²) < 4.78 is 4.99. The molecule has 0 saturated heterocycles. The van der Waals surface area contributed by atoms with Crippen LogP contribution in [0.5, 0.6) is 0 Å². The van der Waals surface area contributed by atoms with Crippen LogP contribution >= 0.6 is 0 Å². The van der Waals surface area contributed by atoms with E-state index in [-0.39, 0.29) is 17.7 Å². The van der Waals surface area contributed by atoms with Crippen molar-refractivity contribution in [3.63, 3.8) is 0 Å². The van der Waals surface area contributed by atoms with Gasteiger partial charge in [-0.1, -0.05) is 47.6 Å². The monoisotopic (exact) mass is 280 g/mol. The Labute approximate surface area is 122 Å². The van der Waals surface area contributed by atoms with Crippen molar-refractivity contribution in [3.8, 4) is 0 Å². The third-order valence-corrected chi connectivity index (χ3v) is 3.49.